The third kappa shape index (κ3) is 10.1. The van der Waals surface area contributed by atoms with Crippen LogP contribution in [0, 0.1) is 47.3 Å². The number of nitrogens with zero attached hydrogens (tertiary/aromatic N) is 1. The van der Waals surface area contributed by atoms with Crippen molar-refractivity contribution < 1.29 is 34.7 Å². The first-order chi connectivity index (χ1) is 35.0. The zero-order chi connectivity index (χ0) is 50.1. The number of fused-ring (bicyclic) bond motifs is 11. The number of nitrogens with two attached hydrogens (primary N) is 1. The Balaban J connectivity index is 1.17. The number of aliphatic hydroxyl groups excluding tert-OH is 2. The molecule has 0 saturated heterocycles. The Kier molecular flexibility index (Phi) is 15.3. The minimum atomic E-state index is -0.374. The number of Topliss-reactive ketones (excluding diaryl/α,β-unsaturated/α-hetero) is 1. The summed E-state index contributed by atoms with van der Waals surface area (Å²) in [5.74, 6) is 8.65. The Morgan fingerprint density at radius 2 is 1.79 bits per heavy atom. The molecule has 3 aromatic rings. The van der Waals surface area contributed by atoms with E-state index < -0.39 is 0 Å². The van der Waals surface area contributed by atoms with Crippen LogP contribution in [0.25, 0.3) is 0 Å². The minimum Gasteiger partial charge on any atom is -0.508 e. The van der Waals surface area contributed by atoms with Crippen LogP contribution in [-0.4, -0.2) is 71.2 Å². The van der Waals surface area contributed by atoms with Crippen LogP contribution in [0.4, 0.5) is 0 Å². The van der Waals surface area contributed by atoms with Crippen molar-refractivity contribution >= 4 is 11.7 Å². The molecule has 0 radical (unpaired) electrons. The second-order valence-corrected chi connectivity index (χ2v) is 23.0. The highest BCUT2D eigenvalue weighted by molar-refractivity contribution is 5.96. The lowest BCUT2D eigenvalue weighted by molar-refractivity contribution is -0.116. The van der Waals surface area contributed by atoms with Gasteiger partial charge in [0, 0.05) is 49.5 Å². The number of guanidine groups is 1. The smallest absolute Gasteiger partial charge is 0.189 e. The maximum atomic E-state index is 14.6. The fraction of sp³-hybridized carbons (Fsp3) is 0.581. The van der Waals surface area contributed by atoms with Crippen molar-refractivity contribution in [1.29, 1.82) is 0 Å². The number of aromatic hydroxyl groups is 2. The molecule has 6 aliphatic carbocycles. The summed E-state index contributed by atoms with van der Waals surface area (Å²) in [5, 5.41) is 49.4. The van der Waals surface area contributed by atoms with Gasteiger partial charge in [-0.3, -0.25) is 4.79 Å². The van der Waals surface area contributed by atoms with Gasteiger partial charge in [0.1, 0.15) is 5.75 Å². The summed E-state index contributed by atoms with van der Waals surface area (Å²) in [5.41, 5.74) is 16.6. The molecule has 7 aliphatic rings. The topological polar surface area (TPSA) is 167 Å². The van der Waals surface area contributed by atoms with Crippen molar-refractivity contribution in [2.24, 2.45) is 46.2 Å². The van der Waals surface area contributed by atoms with Crippen molar-refractivity contribution in [1.82, 2.24) is 5.32 Å². The van der Waals surface area contributed by atoms with Gasteiger partial charge in [-0.1, -0.05) is 86.9 Å². The monoisotopic (exact) mass is 978 g/mol. The maximum absolute atomic E-state index is 14.6. The quantitative estimate of drug-likeness (QED) is 0.0810. The Labute approximate surface area is 428 Å². The van der Waals surface area contributed by atoms with Crippen LogP contribution in [0.15, 0.2) is 76.3 Å². The molecule has 7 N–H and O–H groups in total. The highest BCUT2D eigenvalue weighted by atomic mass is 16.5. The average Bonchev–Trinajstić information content (AvgIpc) is 3.89. The number of carbonyl (C=O) groups is 1. The highest BCUT2D eigenvalue weighted by Crippen LogP contribution is 2.59. The van der Waals surface area contributed by atoms with E-state index in [2.05, 4.69) is 67.4 Å². The standard InChI is InChI=1S/C62H79N3O7/c1-4-48-41(34-66)18-20-50(54(48)35-67)56(69)21-19-40-33-57(72-47-15-6-7-16-47)60(70)59-49(40)17-11-14-45-30-43-32-52-51(24-37(2)25-53(52)58(59)55(43)36-71-3)42-27-39(29-46(68)31-42)26-38-12-10-13-44(28-38)62(65-61(63)64-45)22-8-5-9-23-62/h10,12-13,27-29,31-33,37,41,43,45,47-48,51,53,55,58,66-68,70H,4-9,14-16,18-26,30,34-36H2,1-3H3,(H3,63,64,65). The SMILES string of the molecule is CCC1C(CO)=C(C(=O)CCc2cc(OC3CCCC3)c(O)c3c2C#CCC2CC4C=C5C(CC(C)CC5C3C4COC)c3cc(O)cc(c3)Cc3cccc(c3)C3(CCCCC3)NC(N)=N2)CCC1CO. The Hall–Kier alpha value is -5.08. The van der Waals surface area contributed by atoms with Crippen LogP contribution in [0.1, 0.15) is 174 Å². The van der Waals surface area contributed by atoms with Crippen LogP contribution in [0.2, 0.25) is 0 Å². The molecule has 72 heavy (non-hydrogen) atoms. The summed E-state index contributed by atoms with van der Waals surface area (Å²) >= 11 is 0. The molecule has 10 rings (SSSR count). The number of aliphatic hydroxyl groups is 2. The van der Waals surface area contributed by atoms with Crippen molar-refractivity contribution in [3.63, 3.8) is 0 Å². The molecule has 3 aromatic carbocycles. The van der Waals surface area contributed by atoms with Crippen molar-refractivity contribution in [2.75, 3.05) is 26.9 Å². The van der Waals surface area contributed by atoms with E-state index in [4.69, 9.17) is 20.2 Å². The number of hydrogen-bond acceptors (Lipinski definition) is 10. The number of ether oxygens (including phenoxy) is 2. The number of rotatable bonds is 11. The van der Waals surface area contributed by atoms with Gasteiger partial charge >= 0.3 is 0 Å². The fourth-order valence-corrected chi connectivity index (χ4v) is 15.1. The molecule has 9 atom stereocenters. The number of nitrogens with one attached hydrogen (secondary N) is 1. The number of allylic oxidation sites excluding steroid dienone is 3. The van der Waals surface area contributed by atoms with E-state index in [0.717, 1.165) is 104 Å². The first-order valence-electron chi connectivity index (χ1n) is 27.7. The lowest BCUT2D eigenvalue weighted by atomic mass is 9.55. The summed E-state index contributed by atoms with van der Waals surface area (Å²) in [4.78, 5) is 20.0. The van der Waals surface area contributed by atoms with E-state index in [9.17, 15) is 25.2 Å². The van der Waals surface area contributed by atoms with E-state index in [0.29, 0.717) is 68.3 Å². The first-order valence-corrected chi connectivity index (χ1v) is 27.7. The minimum absolute atomic E-state index is 0.00612. The number of phenolic OH excluding ortho intramolecular Hbond substituents is 2. The molecule has 384 valence electrons. The van der Waals surface area contributed by atoms with Gasteiger partial charge in [0.05, 0.1) is 30.9 Å². The molecule has 3 saturated carbocycles. The van der Waals surface area contributed by atoms with Gasteiger partial charge in [-0.2, -0.15) is 0 Å². The molecule has 3 fully saturated rings. The van der Waals surface area contributed by atoms with Crippen molar-refractivity contribution in [3.8, 4) is 29.1 Å². The fourth-order valence-electron chi connectivity index (χ4n) is 15.1. The Morgan fingerprint density at radius 3 is 2.56 bits per heavy atom. The number of carbonyl (C=O) groups excluding carboxylic acids is 1. The van der Waals surface area contributed by atoms with E-state index in [1.807, 2.05) is 18.2 Å². The summed E-state index contributed by atoms with van der Waals surface area (Å²) in [7, 11) is 1.78. The summed E-state index contributed by atoms with van der Waals surface area (Å²) in [6.07, 6.45) is 17.9. The molecule has 1 heterocycles. The molecule has 10 heteroatoms. The van der Waals surface area contributed by atoms with Crippen LogP contribution in [0.5, 0.6) is 17.2 Å². The number of ketones is 1. The van der Waals surface area contributed by atoms with Gasteiger partial charge in [-0.15, -0.1) is 0 Å². The number of methoxy groups -OCH3 is 1. The zero-order valence-electron chi connectivity index (χ0n) is 43.1. The lowest BCUT2D eigenvalue weighted by Crippen LogP contribution is -2.50. The number of aliphatic imine (C=N–C) groups is 1. The van der Waals surface area contributed by atoms with Crippen LogP contribution in [0.3, 0.4) is 0 Å². The first kappa shape index (κ1) is 50.5. The number of phenols is 2. The van der Waals surface area contributed by atoms with E-state index >= 15 is 0 Å². The van der Waals surface area contributed by atoms with E-state index in [1.54, 1.807) is 7.11 Å². The molecular weight excluding hydrogens is 899 g/mol. The summed E-state index contributed by atoms with van der Waals surface area (Å²) < 4.78 is 13.1. The van der Waals surface area contributed by atoms with Gasteiger partial charge < -0.3 is 41.0 Å². The van der Waals surface area contributed by atoms with Crippen LogP contribution >= 0.6 is 0 Å². The summed E-state index contributed by atoms with van der Waals surface area (Å²) in [6.45, 7) is 4.70. The number of aryl methyl sites for hydroxylation is 1. The zero-order valence-corrected chi connectivity index (χ0v) is 43.1. The van der Waals surface area contributed by atoms with E-state index in [1.165, 1.54) is 23.1 Å². The van der Waals surface area contributed by atoms with Crippen molar-refractivity contribution in [3.05, 3.63) is 110 Å². The number of benzene rings is 3. The van der Waals surface area contributed by atoms with Gasteiger partial charge in [0.25, 0.3) is 0 Å². The second-order valence-electron chi connectivity index (χ2n) is 23.0. The van der Waals surface area contributed by atoms with Gasteiger partial charge in [-0.05, 0) is 183 Å². The number of hydrogen-bond donors (Lipinski definition) is 6. The second kappa shape index (κ2) is 21.8. The molecule has 8 bridgehead atoms. The molecule has 1 spiro atoms. The van der Waals surface area contributed by atoms with Crippen LogP contribution < -0.4 is 15.8 Å². The Morgan fingerprint density at radius 1 is 0.972 bits per heavy atom. The molecular formula is C62H79N3O7. The van der Waals surface area contributed by atoms with E-state index in [-0.39, 0.29) is 96.0 Å². The molecule has 1 aliphatic heterocycles. The summed E-state index contributed by atoms with van der Waals surface area (Å²) in [6, 6.07) is 16.9. The molecule has 10 nitrogen and oxygen atoms in total. The van der Waals surface area contributed by atoms with Crippen LogP contribution in [-0.2, 0) is 27.9 Å². The maximum Gasteiger partial charge on any atom is 0.189 e. The molecule has 0 amide bonds. The van der Waals surface area contributed by atoms with Gasteiger partial charge in [-0.25, -0.2) is 4.99 Å². The van der Waals surface area contributed by atoms with Gasteiger partial charge in [0.15, 0.2) is 23.2 Å². The molecule has 9 unspecified atom stereocenters. The van der Waals surface area contributed by atoms with Crippen molar-refractivity contribution in [2.45, 2.75) is 165 Å². The Bertz CT molecular complexity index is 2640. The lowest BCUT2D eigenvalue weighted by Gasteiger charge is -2.49. The third-order valence-electron chi connectivity index (χ3n) is 18.4. The normalized spacial score (nSPS) is 29.0. The average molecular weight is 978 g/mol. The highest BCUT2D eigenvalue weighted by Gasteiger charge is 2.49. The molecule has 0 aromatic heterocycles. The third-order valence-corrected chi connectivity index (χ3v) is 18.4. The predicted octanol–water partition coefficient (Wildman–Crippen LogP) is 10.6. The van der Waals surface area contributed by atoms with Gasteiger partial charge in [0.2, 0.25) is 0 Å². The largest absolute Gasteiger partial charge is 0.508 e. The predicted molar refractivity (Wildman–Crippen MR) is 283 cm³/mol.